The lowest BCUT2D eigenvalue weighted by molar-refractivity contribution is 0.0975. The molecule has 1 amide bonds. The molecule has 1 heterocycles. The predicted octanol–water partition coefficient (Wildman–Crippen LogP) is 4.21. The quantitative estimate of drug-likeness (QED) is 0.464. The second-order valence-electron chi connectivity index (χ2n) is 6.10. The third-order valence-electron chi connectivity index (χ3n) is 4.05. The Balaban J connectivity index is 1.81. The number of aromatic nitrogens is 1. The van der Waals surface area contributed by atoms with E-state index in [9.17, 15) is 4.79 Å². The molecule has 3 aromatic rings. The Kier molecular flexibility index (Phi) is 6.41. The minimum atomic E-state index is -0.491. The molecule has 0 aliphatic carbocycles. The molecule has 0 saturated carbocycles. The fraction of sp³-hybridized carbons (Fsp3) is 0.150. The van der Waals surface area contributed by atoms with E-state index in [1.54, 1.807) is 37.3 Å². The first-order chi connectivity index (χ1) is 13.9. The standard InChI is InChI=1S/C20H18Cl2N4O3/c1-11-17(18(26-29-11)15-5-3-4-6-16(15)28-2)19(27)25-20(23)24-10-12-7-13(21)9-14(22)8-12/h3-9H,10H2,1-2H3,(H3,23,24,25,27). The van der Waals surface area contributed by atoms with Crippen molar-refractivity contribution >= 4 is 35.1 Å². The molecule has 0 unspecified atom stereocenters. The zero-order chi connectivity index (χ0) is 21.0. The maximum atomic E-state index is 12.8. The van der Waals surface area contributed by atoms with Crippen molar-refractivity contribution < 1.29 is 14.1 Å². The first kappa shape index (κ1) is 20.7. The number of nitrogens with two attached hydrogens (primary N) is 1. The molecule has 3 rings (SSSR count). The van der Waals surface area contributed by atoms with Crippen LogP contribution in [-0.2, 0) is 6.54 Å². The molecule has 0 aliphatic rings. The molecular weight excluding hydrogens is 415 g/mol. The van der Waals surface area contributed by atoms with Gasteiger partial charge in [0.15, 0.2) is 5.96 Å². The highest BCUT2D eigenvalue weighted by atomic mass is 35.5. The molecule has 0 atom stereocenters. The number of carbonyl (C=O) groups is 1. The van der Waals surface area contributed by atoms with Crippen LogP contribution in [0.4, 0.5) is 0 Å². The van der Waals surface area contributed by atoms with E-state index in [1.165, 1.54) is 7.11 Å². The van der Waals surface area contributed by atoms with Gasteiger partial charge in [-0.3, -0.25) is 10.1 Å². The van der Waals surface area contributed by atoms with Gasteiger partial charge >= 0.3 is 0 Å². The number of hydrogen-bond donors (Lipinski definition) is 2. The van der Waals surface area contributed by atoms with Crippen LogP contribution >= 0.6 is 23.2 Å². The number of nitrogens with zero attached hydrogens (tertiary/aromatic N) is 2. The van der Waals surface area contributed by atoms with Crippen molar-refractivity contribution in [2.45, 2.75) is 13.5 Å². The van der Waals surface area contributed by atoms with Gasteiger partial charge < -0.3 is 15.0 Å². The maximum Gasteiger partial charge on any atom is 0.263 e. The number of halogens is 2. The molecular formula is C20H18Cl2N4O3. The Hall–Kier alpha value is -3.03. The molecule has 1 aromatic heterocycles. The summed E-state index contributed by atoms with van der Waals surface area (Å²) in [6.07, 6.45) is 0. The van der Waals surface area contributed by atoms with Crippen LogP contribution in [0.1, 0.15) is 21.7 Å². The Bertz CT molecular complexity index is 1060. The summed E-state index contributed by atoms with van der Waals surface area (Å²) in [5.41, 5.74) is 7.86. The van der Waals surface area contributed by atoms with Gasteiger partial charge in [0.2, 0.25) is 0 Å². The smallest absolute Gasteiger partial charge is 0.263 e. The summed E-state index contributed by atoms with van der Waals surface area (Å²) in [5.74, 6) is 0.361. The van der Waals surface area contributed by atoms with Gasteiger partial charge in [-0.2, -0.15) is 0 Å². The van der Waals surface area contributed by atoms with Gasteiger partial charge in [-0.1, -0.05) is 40.5 Å². The fourth-order valence-corrected chi connectivity index (χ4v) is 3.33. The molecule has 0 radical (unpaired) electrons. The minimum Gasteiger partial charge on any atom is -0.496 e. The number of carbonyl (C=O) groups excluding carboxylic acids is 1. The molecule has 29 heavy (non-hydrogen) atoms. The molecule has 0 spiro atoms. The number of hydrogen-bond acceptors (Lipinski definition) is 5. The zero-order valence-electron chi connectivity index (χ0n) is 15.7. The fourth-order valence-electron chi connectivity index (χ4n) is 2.76. The SMILES string of the molecule is COc1ccccc1-c1noc(C)c1C(=O)NC(N)=NCc1cc(Cl)cc(Cl)c1. The summed E-state index contributed by atoms with van der Waals surface area (Å²) in [5, 5.41) is 7.55. The second kappa shape index (κ2) is 8.98. The maximum absolute atomic E-state index is 12.8. The molecule has 0 fully saturated rings. The number of amides is 1. The van der Waals surface area contributed by atoms with E-state index in [0.717, 1.165) is 5.56 Å². The average molecular weight is 433 g/mol. The molecule has 2 aromatic carbocycles. The lowest BCUT2D eigenvalue weighted by Gasteiger charge is -2.08. The van der Waals surface area contributed by atoms with Crippen LogP contribution in [0.15, 0.2) is 52.0 Å². The van der Waals surface area contributed by atoms with Crippen molar-refractivity contribution in [1.82, 2.24) is 10.5 Å². The van der Waals surface area contributed by atoms with Crippen molar-refractivity contribution in [3.8, 4) is 17.0 Å². The normalized spacial score (nSPS) is 11.4. The van der Waals surface area contributed by atoms with Crippen LogP contribution in [-0.4, -0.2) is 24.1 Å². The number of benzene rings is 2. The van der Waals surface area contributed by atoms with Crippen molar-refractivity contribution in [2.24, 2.45) is 10.7 Å². The molecule has 7 nitrogen and oxygen atoms in total. The van der Waals surface area contributed by atoms with Gasteiger partial charge in [-0.25, -0.2) is 4.99 Å². The highest BCUT2D eigenvalue weighted by Gasteiger charge is 2.24. The molecule has 0 bridgehead atoms. The van der Waals surface area contributed by atoms with E-state index in [-0.39, 0.29) is 18.1 Å². The second-order valence-corrected chi connectivity index (χ2v) is 6.97. The zero-order valence-corrected chi connectivity index (χ0v) is 17.2. The van der Waals surface area contributed by atoms with Crippen LogP contribution in [0.3, 0.4) is 0 Å². The molecule has 0 aliphatic heterocycles. The molecule has 0 saturated heterocycles. The first-order valence-corrected chi connectivity index (χ1v) is 9.30. The van der Waals surface area contributed by atoms with E-state index in [1.807, 2.05) is 12.1 Å². The van der Waals surface area contributed by atoms with Crippen LogP contribution in [0.2, 0.25) is 10.0 Å². The number of guanidine groups is 1. The van der Waals surface area contributed by atoms with Gasteiger partial charge in [0, 0.05) is 15.6 Å². The number of ether oxygens (including phenoxy) is 1. The molecule has 150 valence electrons. The summed E-state index contributed by atoms with van der Waals surface area (Å²) in [6.45, 7) is 1.84. The number of nitrogens with one attached hydrogen (secondary N) is 1. The number of methoxy groups -OCH3 is 1. The van der Waals surface area contributed by atoms with E-state index in [2.05, 4.69) is 15.5 Å². The van der Waals surface area contributed by atoms with E-state index in [4.69, 9.17) is 38.2 Å². The lowest BCUT2D eigenvalue weighted by Crippen LogP contribution is -2.37. The van der Waals surface area contributed by atoms with Crippen molar-refractivity contribution in [2.75, 3.05) is 7.11 Å². The summed E-state index contributed by atoms with van der Waals surface area (Å²) in [7, 11) is 1.54. The Morgan fingerprint density at radius 3 is 2.62 bits per heavy atom. The monoisotopic (exact) mass is 432 g/mol. The Labute approximate surface area is 177 Å². The number of aliphatic imine (C=N–C) groups is 1. The number of aryl methyl sites for hydroxylation is 1. The first-order valence-electron chi connectivity index (χ1n) is 8.55. The summed E-state index contributed by atoms with van der Waals surface area (Å²) in [4.78, 5) is 17.0. The van der Waals surface area contributed by atoms with Gasteiger partial charge in [-0.05, 0) is 42.8 Å². The van der Waals surface area contributed by atoms with Crippen molar-refractivity contribution in [1.29, 1.82) is 0 Å². The van der Waals surface area contributed by atoms with Gasteiger partial charge in [0.05, 0.1) is 13.7 Å². The summed E-state index contributed by atoms with van der Waals surface area (Å²) < 4.78 is 10.6. The van der Waals surface area contributed by atoms with Gasteiger partial charge in [0.25, 0.3) is 5.91 Å². The highest BCUT2D eigenvalue weighted by Crippen LogP contribution is 2.32. The third-order valence-corrected chi connectivity index (χ3v) is 4.48. The lowest BCUT2D eigenvalue weighted by atomic mass is 10.0. The Morgan fingerprint density at radius 2 is 1.93 bits per heavy atom. The summed E-state index contributed by atoms with van der Waals surface area (Å²) >= 11 is 11.9. The molecule has 9 heteroatoms. The van der Waals surface area contributed by atoms with E-state index < -0.39 is 5.91 Å². The third kappa shape index (κ3) is 4.88. The van der Waals surface area contributed by atoms with Crippen LogP contribution < -0.4 is 15.8 Å². The Morgan fingerprint density at radius 1 is 1.24 bits per heavy atom. The van der Waals surface area contributed by atoms with Crippen LogP contribution in [0.25, 0.3) is 11.3 Å². The van der Waals surface area contributed by atoms with Gasteiger partial charge in [-0.15, -0.1) is 0 Å². The number of para-hydroxylation sites is 1. The topological polar surface area (TPSA) is 103 Å². The average Bonchev–Trinajstić information content (AvgIpc) is 3.07. The highest BCUT2D eigenvalue weighted by molar-refractivity contribution is 6.34. The number of rotatable bonds is 5. The van der Waals surface area contributed by atoms with Crippen LogP contribution in [0.5, 0.6) is 5.75 Å². The van der Waals surface area contributed by atoms with Crippen LogP contribution in [0, 0.1) is 6.92 Å². The largest absolute Gasteiger partial charge is 0.496 e. The van der Waals surface area contributed by atoms with Crippen molar-refractivity contribution in [3.63, 3.8) is 0 Å². The summed E-state index contributed by atoms with van der Waals surface area (Å²) in [6, 6.07) is 12.2. The van der Waals surface area contributed by atoms with Gasteiger partial charge in [0.1, 0.15) is 22.8 Å². The molecule has 3 N–H and O–H groups in total. The van der Waals surface area contributed by atoms with Crippen molar-refractivity contribution in [3.05, 3.63) is 69.4 Å². The van der Waals surface area contributed by atoms with E-state index in [0.29, 0.717) is 32.8 Å². The van der Waals surface area contributed by atoms with E-state index >= 15 is 0 Å². The predicted molar refractivity (Wildman–Crippen MR) is 112 cm³/mol. The minimum absolute atomic E-state index is 0.0577.